The quantitative estimate of drug-likeness (QED) is 0.418. The SMILES string of the molecule is CCOC(=O)CN1C(=S)N[C@@H](c2ccccn2)[C@@H]1c1cc(C)n(-c2cccc(Cl)c2)c1C. The van der Waals surface area contributed by atoms with E-state index in [9.17, 15) is 4.79 Å². The van der Waals surface area contributed by atoms with Crippen LogP contribution in [0.3, 0.4) is 0 Å². The minimum absolute atomic E-state index is 0.0640. The molecular weight excluding hydrogens is 444 g/mol. The fraction of sp³-hybridized carbons (Fsp3) is 0.292. The molecule has 0 unspecified atom stereocenters. The number of esters is 1. The average Bonchev–Trinajstić information content (AvgIpc) is 3.24. The van der Waals surface area contributed by atoms with E-state index in [-0.39, 0.29) is 24.6 Å². The van der Waals surface area contributed by atoms with Crippen LogP contribution in [0.4, 0.5) is 0 Å². The second kappa shape index (κ2) is 9.30. The highest BCUT2D eigenvalue weighted by molar-refractivity contribution is 7.80. The lowest BCUT2D eigenvalue weighted by atomic mass is 9.97. The fourth-order valence-corrected chi connectivity index (χ4v) is 4.85. The van der Waals surface area contributed by atoms with Gasteiger partial charge in [-0.2, -0.15) is 0 Å². The number of aromatic nitrogens is 2. The zero-order valence-corrected chi connectivity index (χ0v) is 19.8. The minimum atomic E-state index is -0.313. The number of hydrogen-bond donors (Lipinski definition) is 1. The molecule has 2 atom stereocenters. The van der Waals surface area contributed by atoms with Crippen LogP contribution in [-0.2, 0) is 9.53 Å². The molecule has 1 N–H and O–H groups in total. The van der Waals surface area contributed by atoms with Crippen molar-refractivity contribution in [2.75, 3.05) is 13.2 Å². The molecule has 1 aromatic carbocycles. The summed E-state index contributed by atoms with van der Waals surface area (Å²) in [5.41, 5.74) is 5.02. The number of pyridine rings is 1. The Hall–Kier alpha value is -2.90. The maximum Gasteiger partial charge on any atom is 0.325 e. The van der Waals surface area contributed by atoms with E-state index < -0.39 is 0 Å². The Labute approximate surface area is 198 Å². The monoisotopic (exact) mass is 468 g/mol. The fourth-order valence-electron chi connectivity index (χ4n) is 4.36. The Morgan fingerprint density at radius 1 is 1.22 bits per heavy atom. The van der Waals surface area contributed by atoms with Crippen LogP contribution in [0, 0.1) is 13.8 Å². The van der Waals surface area contributed by atoms with Crippen molar-refractivity contribution < 1.29 is 9.53 Å². The van der Waals surface area contributed by atoms with Gasteiger partial charge in [0.05, 0.1) is 24.4 Å². The van der Waals surface area contributed by atoms with Crippen LogP contribution in [0.15, 0.2) is 54.7 Å². The van der Waals surface area contributed by atoms with Gasteiger partial charge >= 0.3 is 5.97 Å². The summed E-state index contributed by atoms with van der Waals surface area (Å²) in [7, 11) is 0. The normalized spacial score (nSPS) is 18.0. The van der Waals surface area contributed by atoms with Gasteiger partial charge < -0.3 is 19.5 Å². The Kier molecular flexibility index (Phi) is 6.48. The van der Waals surface area contributed by atoms with Crippen LogP contribution in [-0.4, -0.2) is 38.7 Å². The van der Waals surface area contributed by atoms with Gasteiger partial charge in [0.1, 0.15) is 6.54 Å². The predicted molar refractivity (Wildman–Crippen MR) is 129 cm³/mol. The molecule has 8 heteroatoms. The summed E-state index contributed by atoms with van der Waals surface area (Å²) in [6.07, 6.45) is 1.76. The van der Waals surface area contributed by atoms with Gasteiger partial charge in [-0.15, -0.1) is 0 Å². The molecule has 0 radical (unpaired) electrons. The van der Waals surface area contributed by atoms with Gasteiger partial charge in [-0.05, 0) is 75.0 Å². The van der Waals surface area contributed by atoms with Crippen molar-refractivity contribution in [1.29, 1.82) is 0 Å². The Morgan fingerprint density at radius 2 is 2.03 bits per heavy atom. The summed E-state index contributed by atoms with van der Waals surface area (Å²) in [5.74, 6) is -0.313. The first-order valence-electron chi connectivity index (χ1n) is 10.5. The molecule has 0 saturated carbocycles. The van der Waals surface area contributed by atoms with Crippen molar-refractivity contribution in [2.24, 2.45) is 0 Å². The van der Waals surface area contributed by atoms with Gasteiger partial charge in [-0.3, -0.25) is 9.78 Å². The second-order valence-corrected chi connectivity index (χ2v) is 8.52. The van der Waals surface area contributed by atoms with Crippen LogP contribution < -0.4 is 5.32 Å². The second-order valence-electron chi connectivity index (χ2n) is 7.70. The number of nitrogens with one attached hydrogen (secondary N) is 1. The molecule has 1 aliphatic rings. The van der Waals surface area contributed by atoms with Gasteiger partial charge in [-0.25, -0.2) is 0 Å². The highest BCUT2D eigenvalue weighted by atomic mass is 35.5. The average molecular weight is 469 g/mol. The summed E-state index contributed by atoms with van der Waals surface area (Å²) >= 11 is 11.9. The van der Waals surface area contributed by atoms with E-state index >= 15 is 0 Å². The summed E-state index contributed by atoms with van der Waals surface area (Å²) in [6.45, 7) is 6.32. The van der Waals surface area contributed by atoms with Crippen LogP contribution in [0.25, 0.3) is 5.69 Å². The molecule has 6 nitrogen and oxygen atoms in total. The van der Waals surface area contributed by atoms with E-state index in [0.29, 0.717) is 16.7 Å². The highest BCUT2D eigenvalue weighted by Gasteiger charge is 2.42. The molecule has 166 valence electrons. The van der Waals surface area contributed by atoms with E-state index in [4.69, 9.17) is 28.6 Å². The summed E-state index contributed by atoms with van der Waals surface area (Å²) in [6, 6.07) is 15.3. The van der Waals surface area contributed by atoms with Crippen LogP contribution >= 0.6 is 23.8 Å². The lowest BCUT2D eigenvalue weighted by Crippen LogP contribution is -2.35. The van der Waals surface area contributed by atoms with E-state index in [1.165, 1.54) is 0 Å². The number of carbonyl (C=O) groups excluding carboxylic acids is 1. The van der Waals surface area contributed by atoms with Crippen molar-refractivity contribution in [3.63, 3.8) is 0 Å². The summed E-state index contributed by atoms with van der Waals surface area (Å²) in [5, 5.41) is 4.56. The molecule has 4 rings (SSSR count). The molecule has 1 aliphatic heterocycles. The van der Waals surface area contributed by atoms with Gasteiger partial charge in [0.15, 0.2) is 5.11 Å². The summed E-state index contributed by atoms with van der Waals surface area (Å²) in [4.78, 5) is 18.9. The molecule has 0 amide bonds. The smallest absolute Gasteiger partial charge is 0.325 e. The molecule has 1 saturated heterocycles. The standard InChI is InChI=1S/C24H25ClN4O2S/c1-4-31-21(30)14-28-23(22(27-24(28)32)20-10-5-6-11-26-20)19-12-15(2)29(16(19)3)18-9-7-8-17(25)13-18/h5-13,22-23H,4,14H2,1-3H3,(H,27,32)/t22-,23-/m0/s1. The largest absolute Gasteiger partial charge is 0.465 e. The van der Waals surface area contributed by atoms with Crippen molar-refractivity contribution in [2.45, 2.75) is 32.9 Å². The Balaban J connectivity index is 1.81. The number of benzene rings is 1. The maximum atomic E-state index is 12.4. The topological polar surface area (TPSA) is 59.4 Å². The van der Waals surface area contributed by atoms with E-state index in [2.05, 4.69) is 34.8 Å². The number of carbonyl (C=O) groups is 1. The number of aryl methyl sites for hydroxylation is 1. The third-order valence-electron chi connectivity index (χ3n) is 5.66. The van der Waals surface area contributed by atoms with Gasteiger partial charge in [0.2, 0.25) is 0 Å². The predicted octanol–water partition coefficient (Wildman–Crippen LogP) is 4.68. The molecule has 0 spiro atoms. The Bertz CT molecular complexity index is 1150. The van der Waals surface area contributed by atoms with E-state index in [1.54, 1.807) is 13.1 Å². The van der Waals surface area contributed by atoms with Gasteiger partial charge in [-0.1, -0.05) is 23.7 Å². The van der Waals surface area contributed by atoms with E-state index in [1.807, 2.05) is 47.4 Å². The first-order chi connectivity index (χ1) is 15.4. The lowest BCUT2D eigenvalue weighted by molar-refractivity contribution is -0.143. The minimum Gasteiger partial charge on any atom is -0.465 e. The third kappa shape index (κ3) is 4.23. The van der Waals surface area contributed by atoms with Crippen LogP contribution in [0.5, 0.6) is 0 Å². The van der Waals surface area contributed by atoms with Crippen molar-refractivity contribution in [3.05, 3.63) is 82.4 Å². The maximum absolute atomic E-state index is 12.4. The van der Waals surface area contributed by atoms with E-state index in [0.717, 1.165) is 28.3 Å². The molecule has 0 bridgehead atoms. The number of hydrogen-bond acceptors (Lipinski definition) is 4. The third-order valence-corrected chi connectivity index (χ3v) is 6.25. The lowest BCUT2D eigenvalue weighted by Gasteiger charge is -2.27. The van der Waals surface area contributed by atoms with Gasteiger partial charge in [0.25, 0.3) is 0 Å². The number of nitrogens with zero attached hydrogens (tertiary/aromatic N) is 3. The number of thiocarbonyl (C=S) groups is 1. The highest BCUT2D eigenvalue weighted by Crippen LogP contribution is 2.41. The van der Waals surface area contributed by atoms with Crippen molar-refractivity contribution in [1.82, 2.24) is 19.8 Å². The molecule has 1 fully saturated rings. The zero-order chi connectivity index (χ0) is 22.8. The molecular formula is C24H25ClN4O2S. The summed E-state index contributed by atoms with van der Waals surface area (Å²) < 4.78 is 7.38. The van der Waals surface area contributed by atoms with Crippen LogP contribution in [0.1, 0.15) is 41.7 Å². The number of ether oxygens (including phenoxy) is 1. The molecule has 2 aromatic heterocycles. The molecule has 32 heavy (non-hydrogen) atoms. The zero-order valence-electron chi connectivity index (χ0n) is 18.2. The van der Waals surface area contributed by atoms with Crippen molar-refractivity contribution >= 4 is 34.9 Å². The first kappa shape index (κ1) is 22.3. The Morgan fingerprint density at radius 3 is 2.72 bits per heavy atom. The number of halogens is 1. The van der Waals surface area contributed by atoms with Crippen LogP contribution in [0.2, 0.25) is 5.02 Å². The molecule has 3 aromatic rings. The molecule has 0 aliphatic carbocycles. The van der Waals surface area contributed by atoms with Gasteiger partial charge in [0, 0.05) is 28.3 Å². The number of rotatable bonds is 6. The molecule has 3 heterocycles. The van der Waals surface area contributed by atoms with Crippen molar-refractivity contribution in [3.8, 4) is 5.69 Å². The first-order valence-corrected chi connectivity index (χ1v) is 11.3.